The summed E-state index contributed by atoms with van der Waals surface area (Å²) in [5.74, 6) is 0.709. The lowest BCUT2D eigenvalue weighted by Gasteiger charge is -2.10. The zero-order valence-electron chi connectivity index (χ0n) is 9.78. The van der Waals surface area contributed by atoms with Crippen LogP contribution >= 0.6 is 15.9 Å². The van der Waals surface area contributed by atoms with Crippen LogP contribution in [0.15, 0.2) is 41.1 Å². The van der Waals surface area contributed by atoms with E-state index in [9.17, 15) is 4.39 Å². The number of nitrogens with zero attached hydrogens (tertiary/aromatic N) is 1. The van der Waals surface area contributed by atoms with E-state index in [-0.39, 0.29) is 5.82 Å². The molecule has 1 aromatic carbocycles. The molecule has 0 radical (unpaired) electrons. The lowest BCUT2D eigenvalue weighted by Crippen LogP contribution is -2.06. The monoisotopic (exact) mass is 310 g/mol. The van der Waals surface area contributed by atoms with Gasteiger partial charge in [0.25, 0.3) is 0 Å². The summed E-state index contributed by atoms with van der Waals surface area (Å²) in [5, 5.41) is 3.04. The quantitative estimate of drug-likeness (QED) is 0.938. The molecule has 3 nitrogen and oxygen atoms in total. The summed E-state index contributed by atoms with van der Waals surface area (Å²) < 4.78 is 19.4. The van der Waals surface area contributed by atoms with Crippen LogP contribution in [0.2, 0.25) is 0 Å². The number of rotatable bonds is 4. The molecule has 0 bridgehead atoms. The van der Waals surface area contributed by atoms with E-state index in [1.165, 1.54) is 6.07 Å². The standard InChI is InChI=1S/C13H12BrFN2O/c1-16-7-9-4-5-17-8-13(9)18-10-2-3-11(14)12(15)6-10/h2-6,8,16H,7H2,1H3. The highest BCUT2D eigenvalue weighted by Gasteiger charge is 2.06. The highest BCUT2D eigenvalue weighted by atomic mass is 79.9. The number of pyridine rings is 1. The van der Waals surface area contributed by atoms with E-state index >= 15 is 0 Å². The van der Waals surface area contributed by atoms with Gasteiger partial charge in [0.2, 0.25) is 0 Å². The van der Waals surface area contributed by atoms with E-state index in [2.05, 4.69) is 26.2 Å². The molecule has 0 spiro atoms. The first kappa shape index (κ1) is 13.0. The number of benzene rings is 1. The van der Waals surface area contributed by atoms with E-state index in [1.807, 2.05) is 13.1 Å². The van der Waals surface area contributed by atoms with Crippen molar-refractivity contribution in [3.8, 4) is 11.5 Å². The SMILES string of the molecule is CNCc1ccncc1Oc1ccc(Br)c(F)c1. The third-order valence-electron chi connectivity index (χ3n) is 2.36. The largest absolute Gasteiger partial charge is 0.455 e. The molecule has 0 unspecified atom stereocenters. The molecule has 94 valence electrons. The summed E-state index contributed by atoms with van der Waals surface area (Å²) in [5.41, 5.74) is 0.968. The zero-order valence-corrected chi connectivity index (χ0v) is 11.4. The van der Waals surface area contributed by atoms with E-state index in [0.29, 0.717) is 22.5 Å². The Bertz CT molecular complexity index is 548. The topological polar surface area (TPSA) is 34.2 Å². The Balaban J connectivity index is 2.25. The van der Waals surface area contributed by atoms with Gasteiger partial charge in [0, 0.05) is 24.4 Å². The number of halogens is 2. The first-order valence-corrected chi connectivity index (χ1v) is 6.20. The second-order valence-corrected chi connectivity index (χ2v) is 4.55. The van der Waals surface area contributed by atoms with Gasteiger partial charge in [0.1, 0.15) is 17.3 Å². The van der Waals surface area contributed by atoms with Crippen molar-refractivity contribution in [2.45, 2.75) is 6.54 Å². The maximum absolute atomic E-state index is 13.4. The van der Waals surface area contributed by atoms with Crippen molar-refractivity contribution >= 4 is 15.9 Å². The minimum atomic E-state index is -0.355. The van der Waals surface area contributed by atoms with Crippen LogP contribution in [0.5, 0.6) is 11.5 Å². The summed E-state index contributed by atoms with van der Waals surface area (Å²) in [6, 6.07) is 6.50. The molecule has 5 heteroatoms. The maximum atomic E-state index is 13.4. The normalized spacial score (nSPS) is 10.4. The van der Waals surface area contributed by atoms with Gasteiger partial charge in [-0.25, -0.2) is 4.39 Å². The van der Waals surface area contributed by atoms with Gasteiger partial charge in [-0.15, -0.1) is 0 Å². The number of hydrogen-bond donors (Lipinski definition) is 1. The van der Waals surface area contributed by atoms with Gasteiger partial charge in [-0.1, -0.05) is 0 Å². The molecule has 1 heterocycles. The van der Waals surface area contributed by atoms with Gasteiger partial charge in [-0.2, -0.15) is 0 Å². The van der Waals surface area contributed by atoms with Crippen molar-refractivity contribution in [1.29, 1.82) is 0 Å². The molecule has 0 aliphatic heterocycles. The summed E-state index contributed by atoms with van der Waals surface area (Å²) >= 11 is 3.10. The molecule has 0 fully saturated rings. The molecule has 0 atom stereocenters. The lowest BCUT2D eigenvalue weighted by molar-refractivity contribution is 0.466. The molecule has 0 amide bonds. The molecule has 1 N–H and O–H groups in total. The van der Waals surface area contributed by atoms with Gasteiger partial charge in [-0.3, -0.25) is 4.98 Å². The highest BCUT2D eigenvalue weighted by Crippen LogP contribution is 2.27. The van der Waals surface area contributed by atoms with Crippen LogP contribution in [-0.2, 0) is 6.54 Å². The summed E-state index contributed by atoms with van der Waals surface area (Å²) in [6.07, 6.45) is 3.31. The van der Waals surface area contributed by atoms with Crippen molar-refractivity contribution in [3.63, 3.8) is 0 Å². The van der Waals surface area contributed by atoms with Crippen molar-refractivity contribution in [1.82, 2.24) is 10.3 Å². The van der Waals surface area contributed by atoms with Crippen molar-refractivity contribution in [2.24, 2.45) is 0 Å². The Morgan fingerprint density at radius 3 is 2.94 bits per heavy atom. The van der Waals surface area contributed by atoms with Crippen LogP contribution in [0.4, 0.5) is 4.39 Å². The predicted octanol–water partition coefficient (Wildman–Crippen LogP) is 3.49. The maximum Gasteiger partial charge on any atom is 0.150 e. The first-order chi connectivity index (χ1) is 8.70. The second kappa shape index (κ2) is 5.93. The first-order valence-electron chi connectivity index (χ1n) is 5.41. The van der Waals surface area contributed by atoms with E-state index in [0.717, 1.165) is 5.56 Å². The molecule has 0 saturated carbocycles. The number of ether oxygens (including phenoxy) is 1. The molecular weight excluding hydrogens is 299 g/mol. The van der Waals surface area contributed by atoms with Crippen LogP contribution in [0, 0.1) is 5.82 Å². The third kappa shape index (κ3) is 3.05. The molecule has 0 aliphatic rings. The van der Waals surface area contributed by atoms with E-state index in [1.54, 1.807) is 24.5 Å². The van der Waals surface area contributed by atoms with E-state index in [4.69, 9.17) is 4.74 Å². The Hall–Kier alpha value is -1.46. The molecule has 0 aliphatic carbocycles. The fraction of sp³-hybridized carbons (Fsp3) is 0.154. The van der Waals surface area contributed by atoms with Crippen LogP contribution in [-0.4, -0.2) is 12.0 Å². The van der Waals surface area contributed by atoms with Gasteiger partial charge in [0.15, 0.2) is 0 Å². The summed E-state index contributed by atoms with van der Waals surface area (Å²) in [7, 11) is 1.85. The average molecular weight is 311 g/mol. The fourth-order valence-electron chi connectivity index (χ4n) is 1.50. The number of aromatic nitrogens is 1. The molecule has 1 aromatic heterocycles. The second-order valence-electron chi connectivity index (χ2n) is 3.69. The van der Waals surface area contributed by atoms with Crippen molar-refractivity contribution in [3.05, 3.63) is 52.5 Å². The molecular formula is C13H12BrFN2O. The Morgan fingerprint density at radius 2 is 2.22 bits per heavy atom. The zero-order chi connectivity index (χ0) is 13.0. The Labute approximate surface area is 113 Å². The van der Waals surface area contributed by atoms with Crippen LogP contribution in [0.25, 0.3) is 0 Å². The van der Waals surface area contributed by atoms with Gasteiger partial charge < -0.3 is 10.1 Å². The van der Waals surface area contributed by atoms with Gasteiger partial charge >= 0.3 is 0 Å². The molecule has 0 saturated heterocycles. The summed E-state index contributed by atoms with van der Waals surface area (Å²) in [4.78, 5) is 4.01. The van der Waals surface area contributed by atoms with Crippen LogP contribution < -0.4 is 10.1 Å². The van der Waals surface area contributed by atoms with Crippen LogP contribution in [0.3, 0.4) is 0 Å². The molecule has 18 heavy (non-hydrogen) atoms. The smallest absolute Gasteiger partial charge is 0.150 e. The average Bonchev–Trinajstić information content (AvgIpc) is 2.37. The Morgan fingerprint density at radius 1 is 1.39 bits per heavy atom. The minimum Gasteiger partial charge on any atom is -0.455 e. The number of nitrogens with one attached hydrogen (secondary N) is 1. The van der Waals surface area contributed by atoms with Crippen LogP contribution in [0.1, 0.15) is 5.56 Å². The van der Waals surface area contributed by atoms with E-state index < -0.39 is 0 Å². The lowest BCUT2D eigenvalue weighted by atomic mass is 10.2. The van der Waals surface area contributed by atoms with Crippen molar-refractivity contribution < 1.29 is 9.13 Å². The van der Waals surface area contributed by atoms with Gasteiger partial charge in [-0.05, 0) is 41.2 Å². The predicted molar refractivity (Wildman–Crippen MR) is 71.2 cm³/mol. The summed E-state index contributed by atoms with van der Waals surface area (Å²) in [6.45, 7) is 0.664. The highest BCUT2D eigenvalue weighted by molar-refractivity contribution is 9.10. The fourth-order valence-corrected chi connectivity index (χ4v) is 1.75. The minimum absolute atomic E-state index is 0.355. The Kier molecular flexibility index (Phi) is 4.28. The van der Waals surface area contributed by atoms with Crippen molar-refractivity contribution in [2.75, 3.05) is 7.05 Å². The third-order valence-corrected chi connectivity index (χ3v) is 3.00. The van der Waals surface area contributed by atoms with Gasteiger partial charge in [0.05, 0.1) is 10.7 Å². The molecule has 2 aromatic rings. The molecule has 2 rings (SSSR count). The number of hydrogen-bond acceptors (Lipinski definition) is 3.